The minimum atomic E-state index is 0.102. The largest absolute Gasteiger partial charge is 0.378 e. The first-order valence-electron chi connectivity index (χ1n) is 5.28. The second-order valence-electron chi connectivity index (χ2n) is 4.22. The van der Waals surface area contributed by atoms with Crippen LogP contribution in [0.3, 0.4) is 0 Å². The van der Waals surface area contributed by atoms with E-state index in [9.17, 15) is 0 Å². The average molecular weight is 201 g/mol. The Kier molecular flexibility index (Phi) is 2.75. The summed E-state index contributed by atoms with van der Waals surface area (Å²) in [5.41, 5.74) is 2.48. The number of hydrogen-bond acceptors (Lipinski definition) is 2. The standard InChI is InChI=1S/C13H15NO/c1-15-13(6-7-13)10-12-4-2-3-11(9-12)5-8-14/h2-4,9H,5-7,10H2,1H3. The molecule has 0 N–H and O–H groups in total. The van der Waals surface area contributed by atoms with Crippen LogP contribution < -0.4 is 0 Å². The second-order valence-corrected chi connectivity index (χ2v) is 4.22. The van der Waals surface area contributed by atoms with Crippen molar-refractivity contribution in [2.24, 2.45) is 0 Å². The monoisotopic (exact) mass is 201 g/mol. The number of nitrogens with zero attached hydrogens (tertiary/aromatic N) is 1. The molecule has 0 spiro atoms. The molecule has 1 fully saturated rings. The summed E-state index contributed by atoms with van der Waals surface area (Å²) in [5.74, 6) is 0. The fraction of sp³-hybridized carbons (Fsp3) is 0.462. The normalized spacial score (nSPS) is 17.1. The lowest BCUT2D eigenvalue weighted by Crippen LogP contribution is -2.14. The SMILES string of the molecule is COC1(Cc2cccc(CC#N)c2)CC1. The predicted molar refractivity (Wildman–Crippen MR) is 58.4 cm³/mol. The fourth-order valence-corrected chi connectivity index (χ4v) is 1.91. The topological polar surface area (TPSA) is 33.0 Å². The molecule has 78 valence electrons. The van der Waals surface area contributed by atoms with Crippen molar-refractivity contribution in [3.8, 4) is 6.07 Å². The van der Waals surface area contributed by atoms with Crippen LogP contribution in [0.2, 0.25) is 0 Å². The van der Waals surface area contributed by atoms with E-state index in [1.807, 2.05) is 12.1 Å². The van der Waals surface area contributed by atoms with Gasteiger partial charge in [-0.15, -0.1) is 0 Å². The van der Waals surface area contributed by atoms with E-state index < -0.39 is 0 Å². The van der Waals surface area contributed by atoms with Crippen LogP contribution in [-0.4, -0.2) is 12.7 Å². The Bertz CT molecular complexity index is 388. The van der Waals surface area contributed by atoms with E-state index in [1.54, 1.807) is 7.11 Å². The summed E-state index contributed by atoms with van der Waals surface area (Å²) in [6, 6.07) is 10.4. The fourth-order valence-electron chi connectivity index (χ4n) is 1.91. The first-order valence-corrected chi connectivity index (χ1v) is 5.28. The lowest BCUT2D eigenvalue weighted by Gasteiger charge is -2.13. The van der Waals surface area contributed by atoms with Crippen molar-refractivity contribution >= 4 is 0 Å². The third kappa shape index (κ3) is 2.37. The Hall–Kier alpha value is -1.33. The Morgan fingerprint density at radius 3 is 2.73 bits per heavy atom. The number of methoxy groups -OCH3 is 1. The van der Waals surface area contributed by atoms with Gasteiger partial charge in [-0.05, 0) is 24.0 Å². The predicted octanol–water partition coefficient (Wildman–Crippen LogP) is 2.47. The van der Waals surface area contributed by atoms with Crippen LogP contribution in [0.4, 0.5) is 0 Å². The van der Waals surface area contributed by atoms with Crippen molar-refractivity contribution in [2.45, 2.75) is 31.3 Å². The van der Waals surface area contributed by atoms with Crippen LogP contribution in [0.25, 0.3) is 0 Å². The van der Waals surface area contributed by atoms with Gasteiger partial charge >= 0.3 is 0 Å². The number of hydrogen-bond donors (Lipinski definition) is 0. The van der Waals surface area contributed by atoms with Gasteiger partial charge in [0.2, 0.25) is 0 Å². The highest BCUT2D eigenvalue weighted by Crippen LogP contribution is 2.41. The Labute approximate surface area is 90.5 Å². The van der Waals surface area contributed by atoms with Gasteiger partial charge in [0.25, 0.3) is 0 Å². The van der Waals surface area contributed by atoms with Gasteiger partial charge in [-0.25, -0.2) is 0 Å². The molecule has 1 aromatic rings. The summed E-state index contributed by atoms with van der Waals surface area (Å²) in [6.45, 7) is 0. The molecule has 0 heterocycles. The van der Waals surface area contributed by atoms with Crippen LogP contribution in [0.1, 0.15) is 24.0 Å². The molecule has 0 aromatic heterocycles. The average Bonchev–Trinajstić information content (AvgIpc) is 3.00. The van der Waals surface area contributed by atoms with Gasteiger partial charge < -0.3 is 4.74 Å². The molecule has 1 saturated carbocycles. The number of ether oxygens (including phenoxy) is 1. The van der Waals surface area contributed by atoms with E-state index in [1.165, 1.54) is 5.56 Å². The molecule has 0 bridgehead atoms. The van der Waals surface area contributed by atoms with Gasteiger partial charge in [0, 0.05) is 13.5 Å². The van der Waals surface area contributed by atoms with E-state index in [-0.39, 0.29) is 5.60 Å². The molecule has 15 heavy (non-hydrogen) atoms. The summed E-state index contributed by atoms with van der Waals surface area (Å²) in [7, 11) is 1.78. The minimum absolute atomic E-state index is 0.102. The zero-order valence-electron chi connectivity index (χ0n) is 8.99. The van der Waals surface area contributed by atoms with E-state index in [0.29, 0.717) is 6.42 Å². The maximum atomic E-state index is 8.63. The van der Waals surface area contributed by atoms with E-state index in [4.69, 9.17) is 10.00 Å². The highest BCUT2D eigenvalue weighted by atomic mass is 16.5. The van der Waals surface area contributed by atoms with Crippen LogP contribution in [0.15, 0.2) is 24.3 Å². The van der Waals surface area contributed by atoms with Crippen molar-refractivity contribution in [1.82, 2.24) is 0 Å². The van der Waals surface area contributed by atoms with Crippen molar-refractivity contribution in [2.75, 3.05) is 7.11 Å². The minimum Gasteiger partial charge on any atom is -0.378 e. The smallest absolute Gasteiger partial charge is 0.0721 e. The maximum Gasteiger partial charge on any atom is 0.0721 e. The van der Waals surface area contributed by atoms with Crippen molar-refractivity contribution < 1.29 is 4.74 Å². The van der Waals surface area contributed by atoms with Crippen molar-refractivity contribution in [1.29, 1.82) is 5.26 Å². The van der Waals surface area contributed by atoms with Gasteiger partial charge in [-0.3, -0.25) is 0 Å². The molecule has 0 saturated heterocycles. The summed E-state index contributed by atoms with van der Waals surface area (Å²) in [6.07, 6.45) is 3.79. The maximum absolute atomic E-state index is 8.63. The van der Waals surface area contributed by atoms with Gasteiger partial charge in [-0.2, -0.15) is 5.26 Å². The zero-order valence-corrected chi connectivity index (χ0v) is 8.99. The highest BCUT2D eigenvalue weighted by Gasteiger charge is 2.42. The van der Waals surface area contributed by atoms with Gasteiger partial charge in [0.1, 0.15) is 0 Å². The number of nitriles is 1. The summed E-state index contributed by atoms with van der Waals surface area (Å²) in [5, 5.41) is 8.63. The van der Waals surface area contributed by atoms with Crippen molar-refractivity contribution in [3.63, 3.8) is 0 Å². The van der Waals surface area contributed by atoms with Gasteiger partial charge in [-0.1, -0.05) is 24.3 Å². The Morgan fingerprint density at radius 2 is 2.13 bits per heavy atom. The molecule has 0 aliphatic heterocycles. The lowest BCUT2D eigenvalue weighted by molar-refractivity contribution is 0.0807. The molecule has 1 aromatic carbocycles. The van der Waals surface area contributed by atoms with E-state index >= 15 is 0 Å². The molecule has 2 rings (SSSR count). The molecule has 0 unspecified atom stereocenters. The summed E-state index contributed by atoms with van der Waals surface area (Å²) in [4.78, 5) is 0. The highest BCUT2D eigenvalue weighted by molar-refractivity contribution is 5.27. The van der Waals surface area contributed by atoms with Crippen LogP contribution in [-0.2, 0) is 17.6 Å². The molecule has 2 nitrogen and oxygen atoms in total. The number of rotatable bonds is 4. The van der Waals surface area contributed by atoms with E-state index in [2.05, 4.69) is 18.2 Å². The van der Waals surface area contributed by atoms with Crippen LogP contribution in [0.5, 0.6) is 0 Å². The third-order valence-corrected chi connectivity index (χ3v) is 3.04. The molecule has 2 heteroatoms. The summed E-state index contributed by atoms with van der Waals surface area (Å²) >= 11 is 0. The summed E-state index contributed by atoms with van der Waals surface area (Å²) < 4.78 is 5.49. The van der Waals surface area contributed by atoms with Crippen LogP contribution in [0, 0.1) is 11.3 Å². The zero-order chi connectivity index (χ0) is 10.7. The molecule has 0 atom stereocenters. The molecular weight excluding hydrogens is 186 g/mol. The van der Waals surface area contributed by atoms with Crippen molar-refractivity contribution in [3.05, 3.63) is 35.4 Å². The number of benzene rings is 1. The quantitative estimate of drug-likeness (QED) is 0.749. The Morgan fingerprint density at radius 1 is 1.40 bits per heavy atom. The van der Waals surface area contributed by atoms with Gasteiger partial charge in [0.05, 0.1) is 18.1 Å². The Balaban J connectivity index is 2.09. The molecular formula is C13H15NO. The third-order valence-electron chi connectivity index (χ3n) is 3.04. The van der Waals surface area contributed by atoms with E-state index in [0.717, 1.165) is 24.8 Å². The molecule has 1 aliphatic carbocycles. The molecule has 0 radical (unpaired) electrons. The van der Waals surface area contributed by atoms with Gasteiger partial charge in [0.15, 0.2) is 0 Å². The lowest BCUT2D eigenvalue weighted by atomic mass is 10.0. The first-order chi connectivity index (χ1) is 7.28. The first kappa shape index (κ1) is 10.2. The second kappa shape index (κ2) is 4.04. The molecule has 1 aliphatic rings. The van der Waals surface area contributed by atoms with Crippen LogP contribution >= 0.6 is 0 Å². The molecule has 0 amide bonds.